The third-order valence-electron chi connectivity index (χ3n) is 3.80. The van der Waals surface area contributed by atoms with Gasteiger partial charge in [-0.2, -0.15) is 10.4 Å². The minimum absolute atomic E-state index is 0.117. The van der Waals surface area contributed by atoms with Crippen LogP contribution >= 0.6 is 0 Å². The van der Waals surface area contributed by atoms with Crippen molar-refractivity contribution < 1.29 is 9.53 Å². The molecule has 0 saturated heterocycles. The minimum atomic E-state index is -0.291. The predicted octanol–water partition coefficient (Wildman–Crippen LogP) is 3.42. The van der Waals surface area contributed by atoms with Gasteiger partial charge in [-0.25, -0.2) is 4.68 Å². The molecule has 3 rings (SSSR count). The molecule has 0 atom stereocenters. The zero-order chi connectivity index (χ0) is 17.5. The number of nitrogens with zero attached hydrogens (tertiary/aromatic N) is 3. The molecule has 0 radical (unpaired) electrons. The van der Waals surface area contributed by atoms with Gasteiger partial charge in [-0.15, -0.1) is 0 Å². The molecule has 5 heteroatoms. The van der Waals surface area contributed by atoms with Crippen molar-refractivity contribution in [2.75, 3.05) is 0 Å². The van der Waals surface area contributed by atoms with Gasteiger partial charge in [0.1, 0.15) is 6.61 Å². The first kappa shape index (κ1) is 16.5. The van der Waals surface area contributed by atoms with Crippen molar-refractivity contribution in [3.63, 3.8) is 0 Å². The second kappa shape index (κ2) is 7.93. The summed E-state index contributed by atoms with van der Waals surface area (Å²) < 4.78 is 7.05. The standard InChI is InChI=1S/C20H17N3O2/c21-12-17-6-4-5-7-18(17)15-25-20(24)11-10-16-13-22-23(14-16)19-8-2-1-3-9-19/h1-9,13-14H,10-11,15H2. The fourth-order valence-electron chi connectivity index (χ4n) is 2.44. The molecule has 0 bridgehead atoms. The lowest BCUT2D eigenvalue weighted by Gasteiger charge is -2.05. The van der Waals surface area contributed by atoms with E-state index < -0.39 is 0 Å². The van der Waals surface area contributed by atoms with Crippen molar-refractivity contribution in [2.24, 2.45) is 0 Å². The lowest BCUT2D eigenvalue weighted by molar-refractivity contribution is -0.144. The molecule has 25 heavy (non-hydrogen) atoms. The number of carbonyl (C=O) groups is 1. The Morgan fingerprint density at radius 3 is 2.68 bits per heavy atom. The maximum atomic E-state index is 11.9. The Balaban J connectivity index is 1.51. The third-order valence-corrected chi connectivity index (χ3v) is 3.80. The number of aryl methyl sites for hydroxylation is 1. The van der Waals surface area contributed by atoms with Crippen LogP contribution in [-0.4, -0.2) is 15.7 Å². The first-order chi connectivity index (χ1) is 12.3. The second-order valence-corrected chi connectivity index (χ2v) is 5.56. The Morgan fingerprint density at radius 2 is 1.88 bits per heavy atom. The Labute approximate surface area is 146 Å². The SMILES string of the molecule is N#Cc1ccccc1COC(=O)CCc1cnn(-c2ccccc2)c1. The van der Waals surface area contributed by atoms with Gasteiger partial charge in [0, 0.05) is 18.2 Å². The lowest BCUT2D eigenvalue weighted by Crippen LogP contribution is -2.06. The van der Waals surface area contributed by atoms with E-state index in [1.165, 1.54) is 0 Å². The first-order valence-corrected chi connectivity index (χ1v) is 7.99. The van der Waals surface area contributed by atoms with Crippen LogP contribution in [0.4, 0.5) is 0 Å². The van der Waals surface area contributed by atoms with Crippen LogP contribution in [0.1, 0.15) is 23.1 Å². The van der Waals surface area contributed by atoms with Gasteiger partial charge in [0.15, 0.2) is 0 Å². The van der Waals surface area contributed by atoms with Gasteiger partial charge in [-0.3, -0.25) is 4.79 Å². The summed E-state index contributed by atoms with van der Waals surface area (Å²) in [5.41, 5.74) is 3.19. The Morgan fingerprint density at radius 1 is 1.12 bits per heavy atom. The van der Waals surface area contributed by atoms with Crippen LogP contribution in [0.15, 0.2) is 67.0 Å². The van der Waals surface area contributed by atoms with Crippen molar-refractivity contribution >= 4 is 5.97 Å². The van der Waals surface area contributed by atoms with Crippen molar-refractivity contribution in [3.05, 3.63) is 83.7 Å². The number of carbonyl (C=O) groups excluding carboxylic acids is 1. The largest absolute Gasteiger partial charge is 0.461 e. The highest BCUT2D eigenvalue weighted by Crippen LogP contribution is 2.11. The third kappa shape index (κ3) is 4.33. The molecule has 1 heterocycles. The molecular formula is C20H17N3O2. The summed E-state index contributed by atoms with van der Waals surface area (Å²) in [4.78, 5) is 11.9. The lowest BCUT2D eigenvalue weighted by atomic mass is 10.1. The number of para-hydroxylation sites is 1. The molecule has 124 valence electrons. The quantitative estimate of drug-likeness (QED) is 0.649. The molecule has 0 unspecified atom stereocenters. The highest BCUT2D eigenvalue weighted by Gasteiger charge is 2.08. The van der Waals surface area contributed by atoms with E-state index in [0.717, 1.165) is 16.8 Å². The molecule has 0 aliphatic rings. The number of ether oxygens (including phenoxy) is 1. The summed E-state index contributed by atoms with van der Waals surface area (Å²) >= 11 is 0. The number of benzene rings is 2. The maximum absolute atomic E-state index is 11.9. The molecule has 0 spiro atoms. The zero-order valence-electron chi connectivity index (χ0n) is 13.6. The Hall–Kier alpha value is -3.39. The fourth-order valence-corrected chi connectivity index (χ4v) is 2.44. The van der Waals surface area contributed by atoms with Crippen LogP contribution in [0.5, 0.6) is 0 Å². The molecule has 3 aromatic rings. The van der Waals surface area contributed by atoms with Crippen LogP contribution in [-0.2, 0) is 22.6 Å². The summed E-state index contributed by atoms with van der Waals surface area (Å²) in [6, 6.07) is 19.0. The number of nitriles is 1. The summed E-state index contributed by atoms with van der Waals surface area (Å²) in [6.07, 6.45) is 4.50. The predicted molar refractivity (Wildman–Crippen MR) is 92.8 cm³/mol. The van der Waals surface area contributed by atoms with Crippen LogP contribution in [0.2, 0.25) is 0 Å². The van der Waals surface area contributed by atoms with Crippen LogP contribution in [0.25, 0.3) is 5.69 Å². The average molecular weight is 331 g/mol. The number of hydrogen-bond acceptors (Lipinski definition) is 4. The Kier molecular flexibility index (Phi) is 5.22. The summed E-state index contributed by atoms with van der Waals surface area (Å²) in [5.74, 6) is -0.291. The molecular weight excluding hydrogens is 314 g/mol. The van der Waals surface area contributed by atoms with Gasteiger partial charge in [0.2, 0.25) is 0 Å². The molecule has 2 aromatic carbocycles. The van der Waals surface area contributed by atoms with E-state index in [1.54, 1.807) is 29.1 Å². The highest BCUT2D eigenvalue weighted by molar-refractivity contribution is 5.69. The normalized spacial score (nSPS) is 10.2. The van der Waals surface area contributed by atoms with E-state index in [9.17, 15) is 4.79 Å². The van der Waals surface area contributed by atoms with Crippen molar-refractivity contribution in [2.45, 2.75) is 19.4 Å². The van der Waals surface area contributed by atoms with E-state index >= 15 is 0 Å². The van der Waals surface area contributed by atoms with Gasteiger partial charge < -0.3 is 4.74 Å². The van der Waals surface area contributed by atoms with Crippen molar-refractivity contribution in [3.8, 4) is 11.8 Å². The number of hydrogen-bond donors (Lipinski definition) is 0. The molecule has 5 nitrogen and oxygen atoms in total. The smallest absolute Gasteiger partial charge is 0.306 e. The highest BCUT2D eigenvalue weighted by atomic mass is 16.5. The number of rotatable bonds is 6. The van der Waals surface area contributed by atoms with E-state index in [1.807, 2.05) is 42.6 Å². The molecule has 0 amide bonds. The van der Waals surface area contributed by atoms with Crippen molar-refractivity contribution in [1.82, 2.24) is 9.78 Å². The zero-order valence-corrected chi connectivity index (χ0v) is 13.6. The van der Waals surface area contributed by atoms with E-state index in [4.69, 9.17) is 10.00 Å². The van der Waals surface area contributed by atoms with Crippen LogP contribution in [0, 0.1) is 11.3 Å². The monoisotopic (exact) mass is 331 g/mol. The summed E-state index contributed by atoms with van der Waals surface area (Å²) in [7, 11) is 0. The molecule has 0 aliphatic heterocycles. The molecule has 0 N–H and O–H groups in total. The summed E-state index contributed by atoms with van der Waals surface area (Å²) in [6.45, 7) is 0.117. The van der Waals surface area contributed by atoms with Gasteiger partial charge >= 0.3 is 5.97 Å². The van der Waals surface area contributed by atoms with Gasteiger partial charge in [0.05, 0.1) is 23.5 Å². The van der Waals surface area contributed by atoms with Crippen molar-refractivity contribution in [1.29, 1.82) is 5.26 Å². The molecule has 0 aliphatic carbocycles. The average Bonchev–Trinajstić information content (AvgIpc) is 3.14. The van der Waals surface area contributed by atoms with Gasteiger partial charge in [0.25, 0.3) is 0 Å². The molecule has 0 fully saturated rings. The van der Waals surface area contributed by atoms with Gasteiger partial charge in [-0.1, -0.05) is 36.4 Å². The molecule has 1 aromatic heterocycles. The topological polar surface area (TPSA) is 67.9 Å². The van der Waals surface area contributed by atoms with E-state index in [0.29, 0.717) is 12.0 Å². The minimum Gasteiger partial charge on any atom is -0.461 e. The van der Waals surface area contributed by atoms with E-state index in [2.05, 4.69) is 11.2 Å². The fraction of sp³-hybridized carbons (Fsp3) is 0.150. The second-order valence-electron chi connectivity index (χ2n) is 5.56. The maximum Gasteiger partial charge on any atom is 0.306 e. The van der Waals surface area contributed by atoms with Crippen LogP contribution in [0.3, 0.4) is 0 Å². The number of esters is 1. The van der Waals surface area contributed by atoms with E-state index in [-0.39, 0.29) is 19.0 Å². The first-order valence-electron chi connectivity index (χ1n) is 7.99. The number of aromatic nitrogens is 2. The Bertz CT molecular complexity index is 895. The van der Waals surface area contributed by atoms with Gasteiger partial charge in [-0.05, 0) is 30.2 Å². The summed E-state index contributed by atoms with van der Waals surface area (Å²) in [5, 5.41) is 13.3. The molecule has 0 saturated carbocycles. The van der Waals surface area contributed by atoms with Crippen LogP contribution < -0.4 is 0 Å².